The average molecular weight is 373 g/mol. The van der Waals surface area contributed by atoms with Crippen LogP contribution in [0.2, 0.25) is 0 Å². The Bertz CT molecular complexity index is 573. The minimum atomic E-state index is -4.76. The topological polar surface area (TPSA) is 29.5 Å². The fourth-order valence-electron chi connectivity index (χ4n) is 3.00. The highest BCUT2D eigenvalue weighted by Crippen LogP contribution is 2.31. The second-order valence-electron chi connectivity index (χ2n) is 7.78. The number of amides is 1. The number of halogens is 3. The van der Waals surface area contributed by atoms with Gasteiger partial charge in [0.25, 0.3) is 0 Å². The molecular weight excluding hydrogens is 343 g/mol. The van der Waals surface area contributed by atoms with Crippen LogP contribution in [0, 0.1) is 5.41 Å². The van der Waals surface area contributed by atoms with E-state index in [1.807, 2.05) is 34.6 Å². The summed E-state index contributed by atoms with van der Waals surface area (Å²) in [5.74, 6) is -0.385. The molecule has 0 heterocycles. The lowest BCUT2D eigenvalue weighted by atomic mass is 9.90. The zero-order chi connectivity index (χ0) is 20.0. The van der Waals surface area contributed by atoms with Crippen LogP contribution in [-0.2, 0) is 4.79 Å². The summed E-state index contributed by atoms with van der Waals surface area (Å²) in [6.07, 6.45) is -1.06. The van der Waals surface area contributed by atoms with Gasteiger partial charge in [-0.15, -0.1) is 13.2 Å². The molecule has 148 valence electrons. The van der Waals surface area contributed by atoms with E-state index in [4.69, 9.17) is 0 Å². The van der Waals surface area contributed by atoms with Crippen LogP contribution in [0.15, 0.2) is 24.3 Å². The third-order valence-corrected chi connectivity index (χ3v) is 3.89. The maximum Gasteiger partial charge on any atom is 0.573 e. The van der Waals surface area contributed by atoms with Crippen molar-refractivity contribution in [2.75, 3.05) is 4.90 Å². The number of rotatable bonds is 8. The van der Waals surface area contributed by atoms with Gasteiger partial charge in [0.1, 0.15) is 5.75 Å². The van der Waals surface area contributed by atoms with Crippen molar-refractivity contribution in [2.45, 2.75) is 79.1 Å². The fraction of sp³-hybridized carbons (Fsp3) is 0.650. The van der Waals surface area contributed by atoms with Gasteiger partial charge in [0.05, 0.1) is 0 Å². The van der Waals surface area contributed by atoms with E-state index in [9.17, 15) is 18.0 Å². The normalized spacial score (nSPS) is 12.3. The lowest BCUT2D eigenvalue weighted by molar-refractivity contribution is -0.274. The van der Waals surface area contributed by atoms with Crippen LogP contribution >= 0.6 is 0 Å². The quantitative estimate of drug-likeness (QED) is 0.533. The summed E-state index contributed by atoms with van der Waals surface area (Å²) in [7, 11) is 0. The Morgan fingerprint density at radius 3 is 2.15 bits per heavy atom. The van der Waals surface area contributed by atoms with Crippen molar-refractivity contribution >= 4 is 11.6 Å². The second kappa shape index (κ2) is 9.28. The summed E-state index contributed by atoms with van der Waals surface area (Å²) in [5.41, 5.74) is 0.242. The molecule has 1 aromatic carbocycles. The standard InChI is InChI=1S/C20H30F3NO2/c1-6-9-15(10-7-2)24(18(25)14-19(3,4)5)16-11-8-12-17(13-16)26-20(21,22)23/h8,11-13,15H,6-7,9-10,14H2,1-5H3. The first-order chi connectivity index (χ1) is 12.0. The van der Waals surface area contributed by atoms with E-state index in [0.29, 0.717) is 12.1 Å². The van der Waals surface area contributed by atoms with Crippen molar-refractivity contribution < 1.29 is 22.7 Å². The van der Waals surface area contributed by atoms with E-state index < -0.39 is 6.36 Å². The SMILES string of the molecule is CCCC(CCC)N(C(=O)CC(C)(C)C)c1cccc(OC(F)(F)F)c1. The maximum absolute atomic E-state index is 13.0. The maximum atomic E-state index is 13.0. The molecule has 1 amide bonds. The molecule has 3 nitrogen and oxygen atoms in total. The van der Waals surface area contributed by atoms with Gasteiger partial charge in [-0.25, -0.2) is 0 Å². The lowest BCUT2D eigenvalue weighted by Crippen LogP contribution is -2.42. The third-order valence-electron chi connectivity index (χ3n) is 3.89. The summed E-state index contributed by atoms with van der Waals surface area (Å²) in [6.45, 7) is 10.00. The van der Waals surface area contributed by atoms with E-state index in [0.717, 1.165) is 25.7 Å². The van der Waals surface area contributed by atoms with Crippen LogP contribution in [-0.4, -0.2) is 18.3 Å². The number of hydrogen-bond donors (Lipinski definition) is 0. The summed E-state index contributed by atoms with van der Waals surface area (Å²) in [5, 5.41) is 0. The molecule has 0 saturated heterocycles. The van der Waals surface area contributed by atoms with Crippen molar-refractivity contribution in [3.8, 4) is 5.75 Å². The van der Waals surface area contributed by atoms with Crippen LogP contribution < -0.4 is 9.64 Å². The van der Waals surface area contributed by atoms with Gasteiger partial charge in [-0.1, -0.05) is 53.5 Å². The van der Waals surface area contributed by atoms with Crippen LogP contribution in [0.1, 0.15) is 66.7 Å². The third kappa shape index (κ3) is 7.67. The molecule has 1 rings (SSSR count). The molecule has 1 aromatic rings. The Hall–Kier alpha value is -1.72. The monoisotopic (exact) mass is 373 g/mol. The molecule has 0 aromatic heterocycles. The highest BCUT2D eigenvalue weighted by Gasteiger charge is 2.32. The molecule has 0 unspecified atom stereocenters. The number of anilines is 1. The minimum absolute atomic E-state index is 0.0408. The summed E-state index contributed by atoms with van der Waals surface area (Å²) in [4.78, 5) is 14.7. The molecule has 0 atom stereocenters. The zero-order valence-electron chi connectivity index (χ0n) is 16.3. The minimum Gasteiger partial charge on any atom is -0.406 e. The molecule has 0 aliphatic heterocycles. The van der Waals surface area contributed by atoms with Crippen LogP contribution in [0.3, 0.4) is 0 Å². The van der Waals surface area contributed by atoms with E-state index in [-0.39, 0.29) is 23.1 Å². The Kier molecular flexibility index (Phi) is 7.97. The molecule has 0 aliphatic carbocycles. The number of benzene rings is 1. The number of hydrogen-bond acceptors (Lipinski definition) is 2. The van der Waals surface area contributed by atoms with E-state index in [2.05, 4.69) is 4.74 Å². The van der Waals surface area contributed by atoms with Crippen molar-refractivity contribution in [1.82, 2.24) is 0 Å². The number of carbonyl (C=O) groups is 1. The lowest BCUT2D eigenvalue weighted by Gasteiger charge is -2.34. The molecule has 6 heteroatoms. The highest BCUT2D eigenvalue weighted by molar-refractivity contribution is 5.94. The van der Waals surface area contributed by atoms with Gasteiger partial charge >= 0.3 is 6.36 Å². The van der Waals surface area contributed by atoms with Gasteiger partial charge in [-0.3, -0.25) is 4.79 Å². The van der Waals surface area contributed by atoms with Gasteiger partial charge in [0.15, 0.2) is 0 Å². The molecule has 0 spiro atoms. The zero-order valence-corrected chi connectivity index (χ0v) is 16.3. The van der Waals surface area contributed by atoms with Crippen LogP contribution in [0.25, 0.3) is 0 Å². The van der Waals surface area contributed by atoms with E-state index in [1.165, 1.54) is 18.2 Å². The number of ether oxygens (including phenoxy) is 1. The Balaban J connectivity index is 3.26. The Morgan fingerprint density at radius 1 is 1.12 bits per heavy atom. The van der Waals surface area contributed by atoms with Gasteiger partial charge in [0, 0.05) is 24.2 Å². The highest BCUT2D eigenvalue weighted by atomic mass is 19.4. The van der Waals surface area contributed by atoms with Gasteiger partial charge < -0.3 is 9.64 Å². The molecule has 0 aliphatic rings. The first-order valence-electron chi connectivity index (χ1n) is 9.14. The van der Waals surface area contributed by atoms with Crippen LogP contribution in [0.5, 0.6) is 5.75 Å². The van der Waals surface area contributed by atoms with Crippen molar-refractivity contribution in [3.63, 3.8) is 0 Å². The predicted molar refractivity (Wildman–Crippen MR) is 98.3 cm³/mol. The number of carbonyl (C=O) groups excluding carboxylic acids is 1. The molecule has 0 N–H and O–H groups in total. The molecule has 0 radical (unpaired) electrons. The smallest absolute Gasteiger partial charge is 0.406 e. The largest absolute Gasteiger partial charge is 0.573 e. The van der Waals surface area contributed by atoms with Crippen LogP contribution in [0.4, 0.5) is 18.9 Å². The Morgan fingerprint density at radius 2 is 1.69 bits per heavy atom. The van der Waals surface area contributed by atoms with Crippen molar-refractivity contribution in [1.29, 1.82) is 0 Å². The van der Waals surface area contributed by atoms with Gasteiger partial charge in [-0.2, -0.15) is 0 Å². The molecular formula is C20H30F3NO2. The van der Waals surface area contributed by atoms with Gasteiger partial charge in [-0.05, 0) is 30.4 Å². The first kappa shape index (κ1) is 22.3. The van der Waals surface area contributed by atoms with Gasteiger partial charge in [0.2, 0.25) is 5.91 Å². The molecule has 0 bridgehead atoms. The molecule has 0 saturated carbocycles. The van der Waals surface area contributed by atoms with Crippen molar-refractivity contribution in [3.05, 3.63) is 24.3 Å². The number of nitrogens with zero attached hydrogens (tertiary/aromatic N) is 1. The first-order valence-corrected chi connectivity index (χ1v) is 9.14. The summed E-state index contributed by atoms with van der Waals surface area (Å²) < 4.78 is 41.7. The fourth-order valence-corrected chi connectivity index (χ4v) is 3.00. The van der Waals surface area contributed by atoms with Crippen molar-refractivity contribution in [2.24, 2.45) is 5.41 Å². The van der Waals surface area contributed by atoms with E-state index >= 15 is 0 Å². The molecule has 0 fully saturated rings. The number of alkyl halides is 3. The van der Waals surface area contributed by atoms with E-state index in [1.54, 1.807) is 11.0 Å². The predicted octanol–water partition coefficient (Wildman–Crippen LogP) is 6.32. The second-order valence-corrected chi connectivity index (χ2v) is 7.78. The summed E-state index contributed by atoms with van der Waals surface area (Å²) >= 11 is 0. The summed E-state index contributed by atoms with van der Waals surface area (Å²) in [6, 6.07) is 5.66. The molecule has 26 heavy (non-hydrogen) atoms. The average Bonchev–Trinajstić information content (AvgIpc) is 2.44. The Labute approximate surface area is 154 Å².